The van der Waals surface area contributed by atoms with E-state index in [1.807, 2.05) is 6.08 Å². The summed E-state index contributed by atoms with van der Waals surface area (Å²) < 4.78 is 5.44. The van der Waals surface area contributed by atoms with E-state index in [4.69, 9.17) is 16.3 Å². The topological polar surface area (TPSA) is 26.3 Å². The average molecular weight is 225 g/mol. The van der Waals surface area contributed by atoms with Gasteiger partial charge in [0.05, 0.1) is 6.61 Å². The van der Waals surface area contributed by atoms with Crippen LogP contribution in [-0.2, 0) is 0 Å². The zero-order valence-corrected chi connectivity index (χ0v) is 9.17. The average Bonchev–Trinajstić information content (AvgIpc) is 2.25. The fourth-order valence-corrected chi connectivity index (χ4v) is 1.23. The molecule has 2 nitrogen and oxygen atoms in total. The van der Waals surface area contributed by atoms with Crippen LogP contribution in [0.3, 0.4) is 0 Å². The standard InChI is InChI=1S/C12H13ClO2/c1-2-3-4-9-15-11-7-5-10(6-8-11)12(13)14/h2,5-8H,1,3-4,9H2. The molecule has 1 aromatic carbocycles. The van der Waals surface area contributed by atoms with E-state index in [0.29, 0.717) is 12.2 Å². The van der Waals surface area contributed by atoms with E-state index in [9.17, 15) is 4.79 Å². The molecule has 0 N–H and O–H groups in total. The summed E-state index contributed by atoms with van der Waals surface area (Å²) in [5.74, 6) is 0.751. The normalized spacial score (nSPS) is 9.67. The number of carbonyl (C=O) groups is 1. The third kappa shape index (κ3) is 4.17. The molecule has 0 fully saturated rings. The van der Waals surface area contributed by atoms with E-state index < -0.39 is 5.24 Å². The van der Waals surface area contributed by atoms with E-state index in [1.54, 1.807) is 24.3 Å². The number of allylic oxidation sites excluding steroid dienone is 1. The number of ether oxygens (including phenoxy) is 1. The van der Waals surface area contributed by atoms with Crippen molar-refractivity contribution in [2.24, 2.45) is 0 Å². The molecular formula is C12H13ClO2. The maximum Gasteiger partial charge on any atom is 0.252 e. The second-order valence-corrected chi connectivity index (χ2v) is 3.42. The Balaban J connectivity index is 2.42. The number of rotatable bonds is 6. The molecule has 0 aliphatic heterocycles. The van der Waals surface area contributed by atoms with Crippen LogP contribution in [0.2, 0.25) is 0 Å². The molecule has 1 aromatic rings. The maximum absolute atomic E-state index is 10.8. The summed E-state index contributed by atoms with van der Waals surface area (Å²) in [5, 5.41) is -0.451. The van der Waals surface area contributed by atoms with Crippen molar-refractivity contribution in [1.29, 1.82) is 0 Å². The molecule has 0 saturated heterocycles. The smallest absolute Gasteiger partial charge is 0.252 e. The summed E-state index contributed by atoms with van der Waals surface area (Å²) >= 11 is 5.31. The zero-order valence-electron chi connectivity index (χ0n) is 8.41. The highest BCUT2D eigenvalue weighted by Crippen LogP contribution is 2.13. The molecule has 0 aliphatic rings. The van der Waals surface area contributed by atoms with Crippen molar-refractivity contribution >= 4 is 16.8 Å². The van der Waals surface area contributed by atoms with Crippen molar-refractivity contribution in [3.05, 3.63) is 42.5 Å². The van der Waals surface area contributed by atoms with Gasteiger partial charge in [-0.25, -0.2) is 0 Å². The first-order chi connectivity index (χ1) is 7.24. The molecule has 0 radical (unpaired) electrons. The molecule has 0 atom stereocenters. The molecule has 0 heterocycles. The van der Waals surface area contributed by atoms with Crippen LogP contribution in [0.4, 0.5) is 0 Å². The highest BCUT2D eigenvalue weighted by atomic mass is 35.5. The molecule has 0 aliphatic carbocycles. The van der Waals surface area contributed by atoms with E-state index in [2.05, 4.69) is 6.58 Å². The second kappa shape index (κ2) is 6.25. The Kier molecular flexibility index (Phi) is 4.91. The first-order valence-electron chi connectivity index (χ1n) is 4.77. The number of halogens is 1. The molecule has 0 bridgehead atoms. The molecule has 0 aromatic heterocycles. The Bertz CT molecular complexity index is 330. The van der Waals surface area contributed by atoms with Crippen LogP contribution in [0.5, 0.6) is 5.75 Å². The summed E-state index contributed by atoms with van der Waals surface area (Å²) in [6.07, 6.45) is 3.75. The van der Waals surface area contributed by atoms with Crippen molar-refractivity contribution in [3.8, 4) is 5.75 Å². The second-order valence-electron chi connectivity index (χ2n) is 3.08. The molecule has 15 heavy (non-hydrogen) atoms. The van der Waals surface area contributed by atoms with Gasteiger partial charge in [0.2, 0.25) is 0 Å². The number of unbranched alkanes of at least 4 members (excludes halogenated alkanes) is 1. The lowest BCUT2D eigenvalue weighted by molar-refractivity contribution is 0.108. The van der Waals surface area contributed by atoms with E-state index in [1.165, 1.54) is 0 Å². The van der Waals surface area contributed by atoms with Crippen LogP contribution < -0.4 is 4.74 Å². The Hall–Kier alpha value is -1.28. The summed E-state index contributed by atoms with van der Waals surface area (Å²) in [6.45, 7) is 4.28. The third-order valence-corrected chi connectivity index (χ3v) is 2.12. The molecule has 80 valence electrons. The van der Waals surface area contributed by atoms with Crippen LogP contribution in [-0.4, -0.2) is 11.8 Å². The van der Waals surface area contributed by atoms with Crippen molar-refractivity contribution in [1.82, 2.24) is 0 Å². The van der Waals surface area contributed by atoms with Gasteiger partial charge in [-0.15, -0.1) is 6.58 Å². The number of carbonyl (C=O) groups excluding carboxylic acids is 1. The zero-order chi connectivity index (χ0) is 11.1. The SMILES string of the molecule is C=CCCCOc1ccc(C(=O)Cl)cc1. The highest BCUT2D eigenvalue weighted by Gasteiger charge is 2.00. The number of benzene rings is 1. The van der Waals surface area contributed by atoms with Gasteiger partial charge in [-0.3, -0.25) is 4.79 Å². The minimum Gasteiger partial charge on any atom is -0.494 e. The van der Waals surface area contributed by atoms with Crippen molar-refractivity contribution in [3.63, 3.8) is 0 Å². The van der Waals surface area contributed by atoms with E-state index >= 15 is 0 Å². The molecule has 0 unspecified atom stereocenters. The molecule has 1 rings (SSSR count). The van der Waals surface area contributed by atoms with Gasteiger partial charge in [-0.1, -0.05) is 6.08 Å². The predicted octanol–water partition coefficient (Wildman–Crippen LogP) is 3.41. The van der Waals surface area contributed by atoms with Crippen LogP contribution in [0.15, 0.2) is 36.9 Å². The first kappa shape index (κ1) is 11.8. The van der Waals surface area contributed by atoms with E-state index in [-0.39, 0.29) is 0 Å². The van der Waals surface area contributed by atoms with Gasteiger partial charge in [0, 0.05) is 5.56 Å². The quantitative estimate of drug-likeness (QED) is 0.421. The lowest BCUT2D eigenvalue weighted by atomic mass is 10.2. The Labute approximate surface area is 94.5 Å². The number of hydrogen-bond donors (Lipinski definition) is 0. The predicted molar refractivity (Wildman–Crippen MR) is 61.6 cm³/mol. The third-order valence-electron chi connectivity index (χ3n) is 1.90. The molecule has 0 saturated carbocycles. The summed E-state index contributed by atoms with van der Waals surface area (Å²) in [4.78, 5) is 10.8. The number of hydrogen-bond acceptors (Lipinski definition) is 2. The van der Waals surface area contributed by atoms with Crippen LogP contribution >= 0.6 is 11.6 Å². The first-order valence-corrected chi connectivity index (χ1v) is 5.15. The van der Waals surface area contributed by atoms with Crippen molar-refractivity contribution in [2.75, 3.05) is 6.61 Å². The fraction of sp³-hybridized carbons (Fsp3) is 0.250. The van der Waals surface area contributed by atoms with Gasteiger partial charge in [-0.2, -0.15) is 0 Å². The Morgan fingerprint density at radius 1 is 1.40 bits per heavy atom. The Morgan fingerprint density at radius 2 is 2.07 bits per heavy atom. The van der Waals surface area contributed by atoms with Gasteiger partial charge in [0.15, 0.2) is 0 Å². The minimum atomic E-state index is -0.451. The summed E-state index contributed by atoms with van der Waals surface area (Å²) in [7, 11) is 0. The van der Waals surface area contributed by atoms with Crippen molar-refractivity contribution in [2.45, 2.75) is 12.8 Å². The van der Waals surface area contributed by atoms with Gasteiger partial charge in [-0.05, 0) is 48.7 Å². The van der Waals surface area contributed by atoms with Crippen molar-refractivity contribution < 1.29 is 9.53 Å². The van der Waals surface area contributed by atoms with Gasteiger partial charge >= 0.3 is 0 Å². The minimum absolute atomic E-state index is 0.451. The van der Waals surface area contributed by atoms with Gasteiger partial charge < -0.3 is 4.74 Å². The molecular weight excluding hydrogens is 212 g/mol. The maximum atomic E-state index is 10.8. The van der Waals surface area contributed by atoms with Gasteiger partial charge in [0.25, 0.3) is 5.24 Å². The van der Waals surface area contributed by atoms with Crippen LogP contribution in [0.25, 0.3) is 0 Å². The fourth-order valence-electron chi connectivity index (χ4n) is 1.10. The van der Waals surface area contributed by atoms with Crippen LogP contribution in [0, 0.1) is 0 Å². The molecule has 0 amide bonds. The van der Waals surface area contributed by atoms with E-state index in [0.717, 1.165) is 18.6 Å². The molecule has 3 heteroatoms. The molecule has 0 spiro atoms. The highest BCUT2D eigenvalue weighted by molar-refractivity contribution is 6.67. The lowest BCUT2D eigenvalue weighted by Crippen LogP contribution is -1.97. The largest absolute Gasteiger partial charge is 0.494 e. The monoisotopic (exact) mass is 224 g/mol. The lowest BCUT2D eigenvalue weighted by Gasteiger charge is -2.04. The summed E-state index contributed by atoms with van der Waals surface area (Å²) in [6, 6.07) is 6.78. The van der Waals surface area contributed by atoms with Crippen LogP contribution in [0.1, 0.15) is 23.2 Å². The summed E-state index contributed by atoms with van der Waals surface area (Å²) in [5.41, 5.74) is 0.482. The van der Waals surface area contributed by atoms with Gasteiger partial charge in [0.1, 0.15) is 5.75 Å². The Morgan fingerprint density at radius 3 is 2.60 bits per heavy atom.